The number of hydrogen-bond acceptors (Lipinski definition) is 5. The lowest BCUT2D eigenvalue weighted by Gasteiger charge is -2.36. The first-order valence-electron chi connectivity index (χ1n) is 14.1. The Morgan fingerprint density at radius 1 is 0.932 bits per heavy atom. The molecule has 0 spiro atoms. The molecule has 4 aromatic rings. The van der Waals surface area contributed by atoms with Crippen molar-refractivity contribution >= 4 is 34.2 Å². The first kappa shape index (κ1) is 29.4. The molecule has 1 aliphatic carbocycles. The molecular formula is C32H28F4N4O4. The van der Waals surface area contributed by atoms with Gasteiger partial charge in [-0.1, -0.05) is 12.1 Å². The van der Waals surface area contributed by atoms with Crippen molar-refractivity contribution in [2.75, 3.05) is 36.4 Å². The monoisotopic (exact) mass is 608 g/mol. The Morgan fingerprint density at radius 2 is 1.59 bits per heavy atom. The number of alkyl halides is 3. The van der Waals surface area contributed by atoms with Crippen molar-refractivity contribution in [2.45, 2.75) is 31.6 Å². The normalized spacial score (nSPS) is 15.9. The number of carbonyl (C=O) groups is 2. The smallest absolute Gasteiger partial charge is 0.416 e. The number of nitrogens with zero attached hydrogens (tertiary/aromatic N) is 3. The van der Waals surface area contributed by atoms with Crippen molar-refractivity contribution in [3.8, 4) is 0 Å². The molecule has 12 heteroatoms. The van der Waals surface area contributed by atoms with Gasteiger partial charge in [0.25, 0.3) is 5.91 Å². The van der Waals surface area contributed by atoms with E-state index in [1.165, 1.54) is 18.3 Å². The van der Waals surface area contributed by atoms with Gasteiger partial charge in [-0.3, -0.25) is 14.5 Å². The molecule has 2 fully saturated rings. The molecule has 0 radical (unpaired) electrons. The zero-order chi connectivity index (χ0) is 31.2. The predicted molar refractivity (Wildman–Crippen MR) is 157 cm³/mol. The standard InChI is InChI=1S/C32H28F4N4O4/c33-26-15-24-27(40(23-9-10-23)18-25(29(24)41)31(43)44)16-28(26)39-13-11-38(12-14-39)17-19-1-3-20(4-2-19)30(42)37-22-7-5-21(6-8-22)32(34,35)36/h1-8,15-16,18,23H,9-14,17H2,(H,37,42)(H,43,44). The number of benzene rings is 3. The second-order valence-electron chi connectivity index (χ2n) is 11.1. The average molecular weight is 609 g/mol. The number of amides is 1. The molecule has 0 unspecified atom stereocenters. The van der Waals surface area contributed by atoms with Crippen molar-refractivity contribution in [1.82, 2.24) is 9.47 Å². The number of carbonyl (C=O) groups excluding carboxylic acids is 1. The molecule has 44 heavy (non-hydrogen) atoms. The topological polar surface area (TPSA) is 94.9 Å². The number of pyridine rings is 1. The Labute approximate surface area is 249 Å². The van der Waals surface area contributed by atoms with Gasteiger partial charge < -0.3 is 19.9 Å². The average Bonchev–Trinajstić information content (AvgIpc) is 3.83. The number of rotatable bonds is 7. The molecule has 0 bridgehead atoms. The van der Waals surface area contributed by atoms with Gasteiger partial charge in [0.2, 0.25) is 5.43 Å². The molecule has 1 aliphatic heterocycles. The van der Waals surface area contributed by atoms with Crippen molar-refractivity contribution in [2.24, 2.45) is 0 Å². The third-order valence-electron chi connectivity index (χ3n) is 8.08. The molecule has 2 aliphatic rings. The van der Waals surface area contributed by atoms with Crippen LogP contribution in [0.3, 0.4) is 0 Å². The van der Waals surface area contributed by atoms with Crippen LogP contribution < -0.4 is 15.6 Å². The Bertz CT molecular complexity index is 1790. The van der Waals surface area contributed by atoms with Crippen LogP contribution >= 0.6 is 0 Å². The first-order chi connectivity index (χ1) is 21.0. The highest BCUT2D eigenvalue weighted by Crippen LogP contribution is 2.38. The van der Waals surface area contributed by atoms with E-state index in [2.05, 4.69) is 10.2 Å². The fraction of sp³-hybridized carbons (Fsp3) is 0.281. The van der Waals surface area contributed by atoms with E-state index < -0.39 is 34.9 Å². The molecule has 228 valence electrons. The van der Waals surface area contributed by atoms with Gasteiger partial charge in [-0.05, 0) is 66.9 Å². The molecule has 1 aromatic heterocycles. The summed E-state index contributed by atoms with van der Waals surface area (Å²) < 4.78 is 55.4. The van der Waals surface area contributed by atoms with Crippen LogP contribution in [-0.4, -0.2) is 52.6 Å². The van der Waals surface area contributed by atoms with Crippen LogP contribution in [0.2, 0.25) is 0 Å². The Hall–Kier alpha value is -4.71. The number of carboxylic acids is 1. The summed E-state index contributed by atoms with van der Waals surface area (Å²) >= 11 is 0. The van der Waals surface area contributed by atoms with Gasteiger partial charge in [0, 0.05) is 61.6 Å². The summed E-state index contributed by atoms with van der Waals surface area (Å²) in [7, 11) is 0. The number of carboxylic acid groups (broad SMARTS) is 1. The number of hydrogen-bond donors (Lipinski definition) is 2. The summed E-state index contributed by atoms with van der Waals surface area (Å²) in [6.45, 7) is 2.96. The molecule has 2 N–H and O–H groups in total. The van der Waals surface area contributed by atoms with Gasteiger partial charge in [-0.25, -0.2) is 9.18 Å². The number of anilines is 2. The summed E-state index contributed by atoms with van der Waals surface area (Å²) in [5, 5.41) is 12.1. The number of fused-ring (bicyclic) bond motifs is 1. The Balaban J connectivity index is 1.09. The lowest BCUT2D eigenvalue weighted by molar-refractivity contribution is -0.137. The molecule has 1 saturated heterocycles. The van der Waals surface area contributed by atoms with Crippen LogP contribution in [0.15, 0.2) is 71.7 Å². The summed E-state index contributed by atoms with van der Waals surface area (Å²) in [5.41, 5.74) is 0.642. The maximum Gasteiger partial charge on any atom is 0.416 e. The molecule has 6 rings (SSSR count). The van der Waals surface area contributed by atoms with E-state index in [4.69, 9.17) is 0 Å². The Morgan fingerprint density at radius 3 is 2.18 bits per heavy atom. The fourth-order valence-corrected chi connectivity index (χ4v) is 5.52. The minimum absolute atomic E-state index is 0.0631. The second kappa shape index (κ2) is 11.4. The quantitative estimate of drug-likeness (QED) is 0.259. The lowest BCUT2D eigenvalue weighted by Crippen LogP contribution is -2.46. The van der Waals surface area contributed by atoms with Crippen LogP contribution in [0.1, 0.15) is 50.7 Å². The van der Waals surface area contributed by atoms with E-state index in [-0.39, 0.29) is 22.7 Å². The van der Waals surface area contributed by atoms with E-state index in [1.807, 2.05) is 17.0 Å². The van der Waals surface area contributed by atoms with Crippen molar-refractivity contribution < 1.29 is 32.3 Å². The number of halogens is 4. The highest BCUT2D eigenvalue weighted by atomic mass is 19.4. The predicted octanol–water partition coefficient (Wildman–Crippen LogP) is 5.77. The van der Waals surface area contributed by atoms with Crippen LogP contribution in [-0.2, 0) is 12.7 Å². The molecular weight excluding hydrogens is 580 g/mol. The van der Waals surface area contributed by atoms with Gasteiger partial charge in [0.1, 0.15) is 11.4 Å². The fourth-order valence-electron chi connectivity index (χ4n) is 5.52. The van der Waals surface area contributed by atoms with Gasteiger partial charge in [-0.15, -0.1) is 0 Å². The zero-order valence-electron chi connectivity index (χ0n) is 23.4. The third kappa shape index (κ3) is 6.02. The van der Waals surface area contributed by atoms with Crippen LogP contribution in [0.5, 0.6) is 0 Å². The molecule has 1 saturated carbocycles. The molecule has 8 nitrogen and oxygen atoms in total. The largest absolute Gasteiger partial charge is 0.477 e. The van der Waals surface area contributed by atoms with E-state index >= 15 is 4.39 Å². The maximum atomic E-state index is 15.3. The van der Waals surface area contributed by atoms with Gasteiger partial charge in [-0.2, -0.15) is 13.2 Å². The minimum atomic E-state index is -4.45. The summed E-state index contributed by atoms with van der Waals surface area (Å²) in [5.74, 6) is -2.34. The Kier molecular flexibility index (Phi) is 7.62. The SMILES string of the molecule is O=C(Nc1ccc(C(F)(F)F)cc1)c1ccc(CN2CCN(c3cc4c(cc3F)c(=O)c(C(=O)O)cn4C3CC3)CC2)cc1. The van der Waals surface area contributed by atoms with Crippen LogP contribution in [0.4, 0.5) is 28.9 Å². The highest BCUT2D eigenvalue weighted by Gasteiger charge is 2.30. The van der Waals surface area contributed by atoms with Crippen molar-refractivity contribution in [1.29, 1.82) is 0 Å². The summed E-state index contributed by atoms with van der Waals surface area (Å²) in [6.07, 6.45) is -1.34. The minimum Gasteiger partial charge on any atom is -0.477 e. The number of piperazine rings is 1. The molecule has 0 atom stereocenters. The molecule has 2 heterocycles. The highest BCUT2D eigenvalue weighted by molar-refractivity contribution is 6.04. The van der Waals surface area contributed by atoms with Gasteiger partial charge in [0.15, 0.2) is 0 Å². The second-order valence-corrected chi connectivity index (χ2v) is 11.1. The van der Waals surface area contributed by atoms with Gasteiger partial charge in [0.05, 0.1) is 16.8 Å². The van der Waals surface area contributed by atoms with Crippen LogP contribution in [0.25, 0.3) is 10.9 Å². The van der Waals surface area contributed by atoms with E-state index in [0.29, 0.717) is 49.5 Å². The van der Waals surface area contributed by atoms with E-state index in [1.54, 1.807) is 22.8 Å². The summed E-state index contributed by atoms with van der Waals surface area (Å²) in [4.78, 5) is 41.1. The molecule has 3 aromatic carbocycles. The van der Waals surface area contributed by atoms with Crippen molar-refractivity contribution in [3.63, 3.8) is 0 Å². The first-order valence-corrected chi connectivity index (χ1v) is 14.1. The van der Waals surface area contributed by atoms with Gasteiger partial charge >= 0.3 is 12.1 Å². The van der Waals surface area contributed by atoms with E-state index in [0.717, 1.165) is 36.6 Å². The number of aromatic carboxylic acids is 1. The summed E-state index contributed by atoms with van der Waals surface area (Å²) in [6, 6.07) is 14.1. The van der Waals surface area contributed by atoms with Crippen LogP contribution in [0, 0.1) is 5.82 Å². The lowest BCUT2D eigenvalue weighted by atomic mass is 10.1. The number of aromatic nitrogens is 1. The van der Waals surface area contributed by atoms with E-state index in [9.17, 15) is 32.7 Å². The molecule has 1 amide bonds. The maximum absolute atomic E-state index is 15.3. The number of nitrogens with one attached hydrogen (secondary N) is 1. The van der Waals surface area contributed by atoms with Crippen molar-refractivity contribution in [3.05, 3.63) is 105 Å². The zero-order valence-corrected chi connectivity index (χ0v) is 23.4. The third-order valence-corrected chi connectivity index (χ3v) is 8.08.